The number of amides is 1. The fourth-order valence-electron chi connectivity index (χ4n) is 3.46. The van der Waals surface area contributed by atoms with Crippen molar-refractivity contribution in [3.63, 3.8) is 0 Å². The molecule has 194 valence electrons. The van der Waals surface area contributed by atoms with E-state index in [2.05, 4.69) is 48.4 Å². The Morgan fingerprint density at radius 2 is 1.78 bits per heavy atom. The summed E-state index contributed by atoms with van der Waals surface area (Å²) >= 11 is 1.60. The fourth-order valence-corrected chi connectivity index (χ4v) is 4.16. The number of hydrogen-bond donors (Lipinski definition) is 2. The molecule has 0 aliphatic rings. The van der Waals surface area contributed by atoms with E-state index in [1.54, 1.807) is 62.2 Å². The number of carbonyl (C=O) groups excluding carboxylic acids is 1. The number of anilines is 1. The molecule has 0 unspecified atom stereocenters. The van der Waals surface area contributed by atoms with Gasteiger partial charge in [0.1, 0.15) is 5.82 Å². The average Bonchev–Trinajstić information content (AvgIpc) is 3.24. The van der Waals surface area contributed by atoms with Crippen LogP contribution in [0.3, 0.4) is 0 Å². The summed E-state index contributed by atoms with van der Waals surface area (Å²) in [6.07, 6.45) is 4.91. The summed E-state index contributed by atoms with van der Waals surface area (Å²) in [6, 6.07) is 3.77. The summed E-state index contributed by atoms with van der Waals surface area (Å²) in [5, 5.41) is 12.7. The Balaban J connectivity index is 1.69. The normalized spacial score (nSPS) is 11.5. The van der Waals surface area contributed by atoms with E-state index in [0.29, 0.717) is 40.7 Å². The highest BCUT2D eigenvalue weighted by atomic mass is 32.2. The van der Waals surface area contributed by atoms with Crippen molar-refractivity contribution in [1.29, 1.82) is 0 Å². The van der Waals surface area contributed by atoms with Gasteiger partial charge in [-0.25, -0.2) is 14.6 Å². The van der Waals surface area contributed by atoms with Gasteiger partial charge in [0.15, 0.2) is 22.3 Å². The Labute approximate surface area is 215 Å². The molecule has 0 fully saturated rings. The first kappa shape index (κ1) is 27.1. The number of nitrogens with one attached hydrogen (secondary N) is 2. The van der Waals surface area contributed by atoms with Crippen molar-refractivity contribution in [1.82, 2.24) is 25.1 Å². The van der Waals surface area contributed by atoms with Crippen LogP contribution in [-0.4, -0.2) is 64.8 Å². The van der Waals surface area contributed by atoms with E-state index in [0.717, 1.165) is 22.4 Å². The number of carbonyl (C=O) groups is 1. The highest BCUT2D eigenvalue weighted by Crippen LogP contribution is 2.38. The van der Waals surface area contributed by atoms with Gasteiger partial charge < -0.3 is 24.8 Å². The number of benzene rings is 1. The van der Waals surface area contributed by atoms with Crippen molar-refractivity contribution in [2.45, 2.75) is 50.7 Å². The molecule has 0 spiro atoms. The number of ether oxygens (including phenoxy) is 3. The molecule has 1 aromatic carbocycles. The first-order valence-corrected chi connectivity index (χ1v) is 12.6. The third kappa shape index (κ3) is 6.81. The second-order valence-electron chi connectivity index (χ2n) is 8.51. The van der Waals surface area contributed by atoms with E-state index in [1.165, 1.54) is 6.08 Å². The SMILES string of the molecule is COc1cc(/C=C\C(=O)NCCn2ncc3c(NC(C)C)nc(SC(C)C)nc32)cc(OC)c1OC. The van der Waals surface area contributed by atoms with Crippen LogP contribution in [0, 0.1) is 0 Å². The molecular formula is C25H34N6O4S. The molecule has 2 aromatic heterocycles. The lowest BCUT2D eigenvalue weighted by atomic mass is 10.1. The summed E-state index contributed by atoms with van der Waals surface area (Å²) in [5.74, 6) is 2.07. The Bertz CT molecular complexity index is 1200. The first-order chi connectivity index (χ1) is 17.2. The third-order valence-electron chi connectivity index (χ3n) is 4.98. The molecule has 3 aromatic rings. The molecule has 36 heavy (non-hydrogen) atoms. The van der Waals surface area contributed by atoms with Gasteiger partial charge in [0.05, 0.1) is 39.5 Å². The monoisotopic (exact) mass is 514 g/mol. The van der Waals surface area contributed by atoms with E-state index in [4.69, 9.17) is 19.2 Å². The van der Waals surface area contributed by atoms with Crippen LogP contribution in [-0.2, 0) is 11.3 Å². The lowest BCUT2D eigenvalue weighted by Crippen LogP contribution is -2.25. The number of rotatable bonds is 12. The molecule has 0 bridgehead atoms. The molecule has 10 nitrogen and oxygen atoms in total. The van der Waals surface area contributed by atoms with E-state index >= 15 is 0 Å². The molecule has 2 heterocycles. The molecular weight excluding hydrogens is 480 g/mol. The second kappa shape index (κ2) is 12.5. The molecule has 0 radical (unpaired) electrons. The summed E-state index contributed by atoms with van der Waals surface area (Å²) in [7, 11) is 4.64. The molecule has 0 saturated heterocycles. The molecule has 3 rings (SSSR count). The molecule has 2 N–H and O–H groups in total. The molecule has 0 aliphatic carbocycles. The lowest BCUT2D eigenvalue weighted by molar-refractivity contribution is -0.116. The number of hydrogen-bond acceptors (Lipinski definition) is 9. The standard InChI is InChI=1S/C25H34N6O4S/c1-15(2)28-23-18-14-27-31(24(18)30-25(29-23)36-16(3)4)11-10-26-21(32)9-8-17-12-19(33-5)22(35-7)20(13-17)34-6/h8-9,12-16H,10-11H2,1-7H3,(H,26,32)(H,28,29,30)/b9-8-. The van der Waals surface area contributed by atoms with Gasteiger partial charge in [0, 0.05) is 23.9 Å². The van der Waals surface area contributed by atoms with Crippen molar-refractivity contribution >= 4 is 40.6 Å². The molecule has 1 amide bonds. The highest BCUT2D eigenvalue weighted by Gasteiger charge is 2.15. The number of fused-ring (bicyclic) bond motifs is 1. The summed E-state index contributed by atoms with van der Waals surface area (Å²) in [4.78, 5) is 21.8. The first-order valence-electron chi connectivity index (χ1n) is 11.7. The van der Waals surface area contributed by atoms with E-state index in [1.807, 2.05) is 0 Å². The summed E-state index contributed by atoms with van der Waals surface area (Å²) in [6.45, 7) is 9.19. The smallest absolute Gasteiger partial charge is 0.244 e. The predicted octanol–water partition coefficient (Wildman–Crippen LogP) is 4.00. The highest BCUT2D eigenvalue weighted by molar-refractivity contribution is 7.99. The average molecular weight is 515 g/mol. The number of aromatic nitrogens is 4. The Morgan fingerprint density at radius 1 is 1.08 bits per heavy atom. The number of nitrogens with zero attached hydrogens (tertiary/aromatic N) is 4. The van der Waals surface area contributed by atoms with Crippen LogP contribution >= 0.6 is 11.8 Å². The maximum atomic E-state index is 12.4. The van der Waals surface area contributed by atoms with Gasteiger partial charge in [-0.1, -0.05) is 25.6 Å². The number of thioether (sulfide) groups is 1. The Morgan fingerprint density at radius 3 is 2.36 bits per heavy atom. The second-order valence-corrected chi connectivity index (χ2v) is 10.1. The van der Waals surface area contributed by atoms with Crippen molar-refractivity contribution in [2.75, 3.05) is 33.2 Å². The Hall–Kier alpha value is -3.47. The zero-order valence-corrected chi connectivity index (χ0v) is 22.6. The van der Waals surface area contributed by atoms with Crippen LogP contribution in [0.2, 0.25) is 0 Å². The largest absolute Gasteiger partial charge is 0.493 e. The van der Waals surface area contributed by atoms with Crippen LogP contribution in [0.5, 0.6) is 17.2 Å². The summed E-state index contributed by atoms with van der Waals surface area (Å²) < 4.78 is 17.8. The van der Waals surface area contributed by atoms with Gasteiger partial charge in [0.25, 0.3) is 0 Å². The van der Waals surface area contributed by atoms with E-state index in [-0.39, 0.29) is 11.9 Å². The van der Waals surface area contributed by atoms with Crippen LogP contribution in [0.25, 0.3) is 17.1 Å². The zero-order chi connectivity index (χ0) is 26.2. The van der Waals surface area contributed by atoms with Crippen LogP contribution in [0.1, 0.15) is 33.3 Å². The summed E-state index contributed by atoms with van der Waals surface area (Å²) in [5.41, 5.74) is 1.48. The van der Waals surface area contributed by atoms with Crippen LogP contribution < -0.4 is 24.8 Å². The zero-order valence-electron chi connectivity index (χ0n) is 21.8. The molecule has 0 aliphatic heterocycles. The van der Waals surface area contributed by atoms with Gasteiger partial charge in [-0.05, 0) is 37.6 Å². The predicted molar refractivity (Wildman–Crippen MR) is 143 cm³/mol. The minimum atomic E-state index is -0.229. The van der Waals surface area contributed by atoms with Gasteiger partial charge in [-0.3, -0.25) is 4.79 Å². The fraction of sp³-hybridized carbons (Fsp3) is 0.440. The molecule has 0 atom stereocenters. The quantitative estimate of drug-likeness (QED) is 0.210. The van der Waals surface area contributed by atoms with Crippen molar-refractivity contribution in [3.8, 4) is 17.2 Å². The maximum absolute atomic E-state index is 12.4. The van der Waals surface area contributed by atoms with Gasteiger partial charge in [-0.2, -0.15) is 5.10 Å². The minimum absolute atomic E-state index is 0.222. The number of methoxy groups -OCH3 is 3. The minimum Gasteiger partial charge on any atom is -0.493 e. The molecule has 0 saturated carbocycles. The van der Waals surface area contributed by atoms with E-state index in [9.17, 15) is 4.79 Å². The van der Waals surface area contributed by atoms with Crippen molar-refractivity contribution < 1.29 is 19.0 Å². The van der Waals surface area contributed by atoms with Gasteiger partial charge >= 0.3 is 0 Å². The van der Waals surface area contributed by atoms with Crippen LogP contribution in [0.4, 0.5) is 5.82 Å². The van der Waals surface area contributed by atoms with Gasteiger partial charge in [-0.15, -0.1) is 0 Å². The van der Waals surface area contributed by atoms with Crippen molar-refractivity contribution in [2.24, 2.45) is 0 Å². The molecule has 11 heteroatoms. The van der Waals surface area contributed by atoms with Crippen LogP contribution in [0.15, 0.2) is 29.6 Å². The Kier molecular flexibility index (Phi) is 9.40. The maximum Gasteiger partial charge on any atom is 0.244 e. The van der Waals surface area contributed by atoms with Crippen molar-refractivity contribution in [3.05, 3.63) is 30.0 Å². The van der Waals surface area contributed by atoms with E-state index < -0.39 is 0 Å². The van der Waals surface area contributed by atoms with Gasteiger partial charge in [0.2, 0.25) is 11.7 Å². The topological polar surface area (TPSA) is 112 Å². The third-order valence-corrected chi connectivity index (χ3v) is 5.84. The lowest BCUT2D eigenvalue weighted by Gasteiger charge is -2.13.